The van der Waals surface area contributed by atoms with Gasteiger partial charge in [-0.1, -0.05) is 6.07 Å². The van der Waals surface area contributed by atoms with Crippen LogP contribution in [0.15, 0.2) is 23.8 Å². The van der Waals surface area contributed by atoms with Crippen LogP contribution in [0.1, 0.15) is 12.5 Å². The molecule has 1 aliphatic rings. The van der Waals surface area contributed by atoms with Crippen molar-refractivity contribution < 1.29 is 23.9 Å². The first kappa shape index (κ1) is 19.3. The summed E-state index contributed by atoms with van der Waals surface area (Å²) in [6.45, 7) is 1.82. The van der Waals surface area contributed by atoms with Crippen molar-refractivity contribution in [3.63, 3.8) is 0 Å². The Balaban J connectivity index is 2.17. The Morgan fingerprint density at radius 2 is 2.12 bits per heavy atom. The molecular formula is C16H15IN2O5S. The number of nitrogens with one attached hydrogen (secondary N) is 1. The molecular weight excluding hydrogens is 459 g/mol. The molecule has 2 amide bonds. The Hall–Kier alpha value is -2.01. The third kappa shape index (κ3) is 4.75. The number of carbonyl (C=O) groups is 3. The molecule has 0 aromatic heterocycles. The zero-order valence-corrected chi connectivity index (χ0v) is 16.5. The third-order valence-electron chi connectivity index (χ3n) is 3.22. The van der Waals surface area contributed by atoms with Gasteiger partial charge in [-0.25, -0.2) is 4.79 Å². The number of halogens is 1. The van der Waals surface area contributed by atoms with Crippen LogP contribution in [0.5, 0.6) is 5.75 Å². The van der Waals surface area contributed by atoms with E-state index in [1.165, 1.54) is 18.0 Å². The van der Waals surface area contributed by atoms with Gasteiger partial charge in [0, 0.05) is 7.05 Å². The molecule has 9 heteroatoms. The van der Waals surface area contributed by atoms with E-state index in [4.69, 9.17) is 21.7 Å². The number of ether oxygens (including phenoxy) is 2. The van der Waals surface area contributed by atoms with Crippen molar-refractivity contribution in [2.45, 2.75) is 6.92 Å². The van der Waals surface area contributed by atoms with Gasteiger partial charge >= 0.3 is 5.97 Å². The number of nitrogens with zero attached hydrogens (tertiary/aromatic N) is 1. The largest absolute Gasteiger partial charge is 0.481 e. The van der Waals surface area contributed by atoms with Crippen LogP contribution in [0.25, 0.3) is 6.08 Å². The fourth-order valence-corrected chi connectivity index (χ4v) is 2.85. The van der Waals surface area contributed by atoms with E-state index >= 15 is 0 Å². The quantitative estimate of drug-likeness (QED) is 0.229. The predicted octanol–water partition coefficient (Wildman–Crippen LogP) is 1.49. The number of esters is 1. The molecule has 0 saturated carbocycles. The second kappa shape index (κ2) is 8.39. The van der Waals surface area contributed by atoms with Gasteiger partial charge in [0.25, 0.3) is 11.8 Å². The highest BCUT2D eigenvalue weighted by Crippen LogP contribution is 2.24. The van der Waals surface area contributed by atoms with Crippen molar-refractivity contribution >= 4 is 63.8 Å². The Kier molecular flexibility index (Phi) is 6.48. The highest BCUT2D eigenvalue weighted by molar-refractivity contribution is 14.1. The number of hydrogen-bond donors (Lipinski definition) is 1. The van der Waals surface area contributed by atoms with Crippen LogP contribution < -0.4 is 10.1 Å². The minimum atomic E-state index is -0.536. The van der Waals surface area contributed by atoms with Gasteiger partial charge in [0.05, 0.1) is 10.2 Å². The summed E-state index contributed by atoms with van der Waals surface area (Å²) < 4.78 is 10.9. The average Bonchev–Trinajstić information content (AvgIpc) is 2.56. The number of benzene rings is 1. The molecule has 1 fully saturated rings. The topological polar surface area (TPSA) is 84.9 Å². The van der Waals surface area contributed by atoms with Crippen LogP contribution in [0.2, 0.25) is 0 Å². The summed E-state index contributed by atoms with van der Waals surface area (Å²) in [6.07, 6.45) is 1.48. The molecule has 1 heterocycles. The molecule has 2 rings (SSSR count). The molecule has 0 spiro atoms. The normalized spacial score (nSPS) is 16.0. The molecule has 132 valence electrons. The summed E-state index contributed by atoms with van der Waals surface area (Å²) in [4.78, 5) is 36.7. The molecule has 1 saturated heterocycles. The smallest absolute Gasteiger partial charge is 0.344 e. The summed E-state index contributed by atoms with van der Waals surface area (Å²) in [6, 6.07) is 5.08. The van der Waals surface area contributed by atoms with Gasteiger partial charge in [-0.15, -0.1) is 0 Å². The lowest BCUT2D eigenvalue weighted by Gasteiger charge is -2.25. The van der Waals surface area contributed by atoms with Gasteiger partial charge in [-0.2, -0.15) is 0 Å². The monoisotopic (exact) mass is 474 g/mol. The van der Waals surface area contributed by atoms with Gasteiger partial charge in [0.1, 0.15) is 11.3 Å². The van der Waals surface area contributed by atoms with Crippen molar-refractivity contribution in [1.82, 2.24) is 10.2 Å². The van der Waals surface area contributed by atoms with Crippen LogP contribution in [0.3, 0.4) is 0 Å². The lowest BCUT2D eigenvalue weighted by Crippen LogP contribution is -2.52. The van der Waals surface area contributed by atoms with E-state index in [1.54, 1.807) is 25.1 Å². The third-order valence-corrected chi connectivity index (χ3v) is 4.44. The minimum Gasteiger partial charge on any atom is -0.481 e. The molecule has 1 aromatic carbocycles. The maximum Gasteiger partial charge on any atom is 0.344 e. The van der Waals surface area contributed by atoms with Gasteiger partial charge in [-0.05, 0) is 65.5 Å². The molecule has 0 atom stereocenters. The zero-order valence-electron chi connectivity index (χ0n) is 13.5. The van der Waals surface area contributed by atoms with Gasteiger partial charge in [-0.3, -0.25) is 19.8 Å². The van der Waals surface area contributed by atoms with E-state index in [0.717, 1.165) is 3.57 Å². The molecule has 0 aliphatic carbocycles. The zero-order chi connectivity index (χ0) is 18.6. The van der Waals surface area contributed by atoms with E-state index in [9.17, 15) is 14.4 Å². The molecule has 0 radical (unpaired) electrons. The van der Waals surface area contributed by atoms with Gasteiger partial charge in [0.15, 0.2) is 11.7 Å². The maximum absolute atomic E-state index is 12.2. The first-order chi connectivity index (χ1) is 11.8. The van der Waals surface area contributed by atoms with E-state index in [0.29, 0.717) is 17.9 Å². The summed E-state index contributed by atoms with van der Waals surface area (Å²) in [5.41, 5.74) is 0.639. The molecule has 1 N–H and O–H groups in total. The van der Waals surface area contributed by atoms with Crippen molar-refractivity contribution in [3.05, 3.63) is 32.9 Å². The van der Waals surface area contributed by atoms with Gasteiger partial charge < -0.3 is 9.47 Å². The van der Waals surface area contributed by atoms with Crippen molar-refractivity contribution in [1.29, 1.82) is 0 Å². The molecule has 0 bridgehead atoms. The SMILES string of the molecule is CCOC(=O)COc1ccc(/C=C2\C(=O)NC(=S)N(C)C2=O)cc1I. The van der Waals surface area contributed by atoms with Crippen LogP contribution in [-0.4, -0.2) is 48.1 Å². The molecule has 1 aromatic rings. The number of amides is 2. The highest BCUT2D eigenvalue weighted by Gasteiger charge is 2.30. The lowest BCUT2D eigenvalue weighted by atomic mass is 10.1. The maximum atomic E-state index is 12.2. The predicted molar refractivity (Wildman–Crippen MR) is 103 cm³/mol. The number of likely N-dealkylation sites (N-methyl/N-ethyl adjacent to an activating group) is 1. The Bertz CT molecular complexity index is 778. The second-order valence-electron chi connectivity index (χ2n) is 4.97. The summed E-state index contributed by atoms with van der Waals surface area (Å²) >= 11 is 6.94. The van der Waals surface area contributed by atoms with Crippen LogP contribution in [-0.2, 0) is 19.1 Å². The van der Waals surface area contributed by atoms with Crippen LogP contribution in [0.4, 0.5) is 0 Å². The fraction of sp³-hybridized carbons (Fsp3) is 0.250. The van der Waals surface area contributed by atoms with Crippen molar-refractivity contribution in [3.8, 4) is 5.75 Å². The lowest BCUT2D eigenvalue weighted by molar-refractivity contribution is -0.145. The fourth-order valence-electron chi connectivity index (χ4n) is 1.98. The molecule has 7 nitrogen and oxygen atoms in total. The first-order valence-corrected chi connectivity index (χ1v) is 8.75. The van der Waals surface area contributed by atoms with Crippen molar-refractivity contribution in [2.24, 2.45) is 0 Å². The standard InChI is InChI=1S/C16H15IN2O5S/c1-3-23-13(20)8-24-12-5-4-9(7-11(12)17)6-10-14(21)18-16(25)19(2)15(10)22/h4-7H,3,8H2,1-2H3,(H,18,21,25)/b10-6+. The van der Waals surface area contributed by atoms with E-state index in [-0.39, 0.29) is 17.3 Å². The van der Waals surface area contributed by atoms with E-state index < -0.39 is 17.8 Å². The Morgan fingerprint density at radius 1 is 1.40 bits per heavy atom. The number of hydrogen-bond acceptors (Lipinski definition) is 6. The van der Waals surface area contributed by atoms with E-state index in [1.807, 2.05) is 22.6 Å². The van der Waals surface area contributed by atoms with Crippen molar-refractivity contribution in [2.75, 3.05) is 20.3 Å². The summed E-state index contributed by atoms with van der Waals surface area (Å²) in [7, 11) is 1.49. The number of thiocarbonyl (C=S) groups is 1. The Morgan fingerprint density at radius 3 is 2.76 bits per heavy atom. The molecule has 1 aliphatic heterocycles. The average molecular weight is 474 g/mol. The number of rotatable bonds is 5. The molecule has 25 heavy (non-hydrogen) atoms. The van der Waals surface area contributed by atoms with E-state index in [2.05, 4.69) is 5.32 Å². The highest BCUT2D eigenvalue weighted by atomic mass is 127. The van der Waals surface area contributed by atoms with Crippen LogP contribution >= 0.6 is 34.8 Å². The minimum absolute atomic E-state index is 0.00732. The van der Waals surface area contributed by atoms with Gasteiger partial charge in [0.2, 0.25) is 0 Å². The van der Waals surface area contributed by atoms with Crippen LogP contribution in [0, 0.1) is 3.57 Å². The second-order valence-corrected chi connectivity index (χ2v) is 6.51. The Labute approximate surface area is 163 Å². The number of carbonyl (C=O) groups excluding carboxylic acids is 3. The first-order valence-electron chi connectivity index (χ1n) is 7.26. The summed E-state index contributed by atoms with van der Waals surface area (Å²) in [5.74, 6) is -0.946. The molecule has 0 unspecified atom stereocenters. The summed E-state index contributed by atoms with van der Waals surface area (Å²) in [5, 5.41) is 2.53.